The van der Waals surface area contributed by atoms with Gasteiger partial charge in [0.1, 0.15) is 11.6 Å². The minimum absolute atomic E-state index is 0.151. The molecule has 0 saturated carbocycles. The lowest BCUT2D eigenvalue weighted by Gasteiger charge is -2.10. The fourth-order valence-corrected chi connectivity index (χ4v) is 2.32. The van der Waals surface area contributed by atoms with Crippen LogP contribution in [0.5, 0.6) is 5.75 Å². The zero-order valence-electron chi connectivity index (χ0n) is 13.6. The van der Waals surface area contributed by atoms with Gasteiger partial charge in [-0.1, -0.05) is 29.5 Å². The van der Waals surface area contributed by atoms with Crippen molar-refractivity contribution in [1.82, 2.24) is 20.3 Å². The maximum absolute atomic E-state index is 13.3. The molecule has 1 aromatic heterocycles. The fraction of sp³-hybridized carbons (Fsp3) is 0.167. The Labute approximate surface area is 144 Å². The Kier molecular flexibility index (Phi) is 5.03. The maximum Gasteiger partial charge on any atom is 0.273 e. The fourth-order valence-electron chi connectivity index (χ4n) is 2.32. The molecule has 3 rings (SSSR count). The minimum atomic E-state index is -0.383. The van der Waals surface area contributed by atoms with Crippen LogP contribution in [-0.2, 0) is 6.54 Å². The number of aromatic nitrogens is 3. The van der Waals surface area contributed by atoms with Gasteiger partial charge in [-0.05, 0) is 31.2 Å². The number of hydrogen-bond acceptors (Lipinski definition) is 4. The number of benzene rings is 2. The van der Waals surface area contributed by atoms with E-state index in [9.17, 15) is 9.18 Å². The minimum Gasteiger partial charge on any atom is -0.494 e. The molecule has 1 N–H and O–H groups in total. The number of rotatable bonds is 6. The first-order valence-corrected chi connectivity index (χ1v) is 7.84. The van der Waals surface area contributed by atoms with Crippen LogP contribution in [0.15, 0.2) is 54.7 Å². The molecule has 1 heterocycles. The highest BCUT2D eigenvalue weighted by molar-refractivity contribution is 5.91. The van der Waals surface area contributed by atoms with E-state index in [1.165, 1.54) is 23.0 Å². The second kappa shape index (κ2) is 7.57. The molecule has 25 heavy (non-hydrogen) atoms. The average Bonchev–Trinajstić information content (AvgIpc) is 3.11. The molecule has 7 heteroatoms. The lowest BCUT2D eigenvalue weighted by Crippen LogP contribution is -2.23. The first kappa shape index (κ1) is 16.6. The van der Waals surface area contributed by atoms with Crippen molar-refractivity contribution < 1.29 is 13.9 Å². The van der Waals surface area contributed by atoms with Gasteiger partial charge in [-0.25, -0.2) is 9.07 Å². The molecule has 0 bridgehead atoms. The van der Waals surface area contributed by atoms with Crippen molar-refractivity contribution in [2.24, 2.45) is 0 Å². The Balaban J connectivity index is 1.69. The topological polar surface area (TPSA) is 69.0 Å². The SMILES string of the molecule is CCOc1ccccc1CNC(=O)c1cn(-c2cccc(F)c2)nn1. The Morgan fingerprint density at radius 2 is 2.08 bits per heavy atom. The first-order chi connectivity index (χ1) is 12.2. The third kappa shape index (κ3) is 4.00. The monoisotopic (exact) mass is 340 g/mol. The highest BCUT2D eigenvalue weighted by atomic mass is 19.1. The maximum atomic E-state index is 13.3. The van der Waals surface area contributed by atoms with Gasteiger partial charge in [0.2, 0.25) is 0 Å². The van der Waals surface area contributed by atoms with Crippen LogP contribution in [0.4, 0.5) is 4.39 Å². The molecule has 0 spiro atoms. The largest absolute Gasteiger partial charge is 0.494 e. The number of nitrogens with zero attached hydrogens (tertiary/aromatic N) is 3. The van der Waals surface area contributed by atoms with Gasteiger partial charge in [-0.15, -0.1) is 5.10 Å². The second-order valence-electron chi connectivity index (χ2n) is 5.25. The Bertz CT molecular complexity index is 879. The smallest absolute Gasteiger partial charge is 0.273 e. The summed E-state index contributed by atoms with van der Waals surface area (Å²) in [5, 5.41) is 10.5. The molecule has 0 aliphatic heterocycles. The lowest BCUT2D eigenvalue weighted by molar-refractivity contribution is 0.0945. The molecule has 3 aromatic rings. The highest BCUT2D eigenvalue weighted by Gasteiger charge is 2.12. The zero-order chi connectivity index (χ0) is 17.6. The van der Waals surface area contributed by atoms with Gasteiger partial charge in [-0.2, -0.15) is 0 Å². The molecule has 0 unspecified atom stereocenters. The molecular formula is C18H17FN4O2. The molecule has 0 atom stereocenters. The van der Waals surface area contributed by atoms with E-state index < -0.39 is 0 Å². The molecule has 128 valence electrons. The van der Waals surface area contributed by atoms with Crippen molar-refractivity contribution in [3.63, 3.8) is 0 Å². The Morgan fingerprint density at radius 1 is 1.24 bits per heavy atom. The summed E-state index contributed by atoms with van der Waals surface area (Å²) in [6, 6.07) is 13.4. The predicted molar refractivity (Wildman–Crippen MR) is 90.1 cm³/mol. The van der Waals surface area contributed by atoms with Gasteiger partial charge in [-0.3, -0.25) is 4.79 Å². The number of ether oxygens (including phenoxy) is 1. The van der Waals surface area contributed by atoms with Crippen molar-refractivity contribution in [3.05, 3.63) is 71.8 Å². The number of amides is 1. The van der Waals surface area contributed by atoms with E-state index in [1.807, 2.05) is 31.2 Å². The number of carbonyl (C=O) groups excluding carboxylic acids is 1. The predicted octanol–water partition coefficient (Wildman–Crippen LogP) is 2.74. The molecule has 6 nitrogen and oxygen atoms in total. The van der Waals surface area contributed by atoms with Crippen LogP contribution in [0.1, 0.15) is 23.0 Å². The molecule has 2 aromatic carbocycles. The summed E-state index contributed by atoms with van der Waals surface area (Å²) in [6.07, 6.45) is 1.46. The third-order valence-electron chi connectivity index (χ3n) is 3.51. The molecule has 0 aliphatic carbocycles. The highest BCUT2D eigenvalue weighted by Crippen LogP contribution is 2.17. The van der Waals surface area contributed by atoms with E-state index in [2.05, 4.69) is 15.6 Å². The number of carbonyl (C=O) groups is 1. The van der Waals surface area contributed by atoms with E-state index in [0.29, 0.717) is 18.8 Å². The van der Waals surface area contributed by atoms with E-state index in [0.717, 1.165) is 11.3 Å². The Hall–Kier alpha value is -3.22. The van der Waals surface area contributed by atoms with Crippen molar-refractivity contribution >= 4 is 5.91 Å². The average molecular weight is 340 g/mol. The van der Waals surface area contributed by atoms with E-state index in [1.54, 1.807) is 12.1 Å². The summed E-state index contributed by atoms with van der Waals surface area (Å²) in [4.78, 5) is 12.3. The van der Waals surface area contributed by atoms with Gasteiger partial charge in [0.05, 0.1) is 18.5 Å². The third-order valence-corrected chi connectivity index (χ3v) is 3.51. The Morgan fingerprint density at radius 3 is 2.88 bits per heavy atom. The summed E-state index contributed by atoms with van der Waals surface area (Å²) >= 11 is 0. The van der Waals surface area contributed by atoms with Crippen LogP contribution < -0.4 is 10.1 Å². The quantitative estimate of drug-likeness (QED) is 0.749. The van der Waals surface area contributed by atoms with Crippen LogP contribution in [0.3, 0.4) is 0 Å². The second-order valence-corrected chi connectivity index (χ2v) is 5.25. The van der Waals surface area contributed by atoms with Crippen LogP contribution in [-0.4, -0.2) is 27.5 Å². The summed E-state index contributed by atoms with van der Waals surface area (Å²) in [5.74, 6) is -0.0193. The van der Waals surface area contributed by atoms with Gasteiger partial charge in [0.25, 0.3) is 5.91 Å². The van der Waals surface area contributed by atoms with Crippen molar-refractivity contribution in [2.75, 3.05) is 6.61 Å². The first-order valence-electron chi connectivity index (χ1n) is 7.84. The molecule has 0 radical (unpaired) electrons. The zero-order valence-corrected chi connectivity index (χ0v) is 13.6. The normalized spacial score (nSPS) is 10.5. The van der Waals surface area contributed by atoms with Gasteiger partial charge in [0, 0.05) is 12.1 Å². The van der Waals surface area contributed by atoms with Crippen molar-refractivity contribution in [2.45, 2.75) is 13.5 Å². The van der Waals surface area contributed by atoms with Gasteiger partial charge >= 0.3 is 0 Å². The lowest BCUT2D eigenvalue weighted by atomic mass is 10.2. The van der Waals surface area contributed by atoms with Crippen LogP contribution in [0.25, 0.3) is 5.69 Å². The number of halogens is 1. The van der Waals surface area contributed by atoms with Gasteiger partial charge < -0.3 is 10.1 Å². The number of nitrogens with one attached hydrogen (secondary N) is 1. The van der Waals surface area contributed by atoms with Crippen LogP contribution in [0, 0.1) is 5.82 Å². The van der Waals surface area contributed by atoms with E-state index in [-0.39, 0.29) is 17.4 Å². The molecule has 0 aliphatic rings. The summed E-state index contributed by atoms with van der Waals surface area (Å²) in [6.45, 7) is 2.76. The van der Waals surface area contributed by atoms with E-state index in [4.69, 9.17) is 4.74 Å². The van der Waals surface area contributed by atoms with E-state index >= 15 is 0 Å². The number of hydrogen-bond donors (Lipinski definition) is 1. The standard InChI is InChI=1S/C18H17FN4O2/c1-2-25-17-9-4-3-6-13(17)11-20-18(24)16-12-23(22-21-16)15-8-5-7-14(19)10-15/h3-10,12H,2,11H2,1H3,(H,20,24). The van der Waals surface area contributed by atoms with Gasteiger partial charge in [0.15, 0.2) is 5.69 Å². The number of para-hydroxylation sites is 1. The van der Waals surface area contributed by atoms with Crippen molar-refractivity contribution in [3.8, 4) is 11.4 Å². The summed E-state index contributed by atoms with van der Waals surface area (Å²) in [7, 11) is 0. The molecule has 0 saturated heterocycles. The van der Waals surface area contributed by atoms with Crippen LogP contribution in [0.2, 0.25) is 0 Å². The van der Waals surface area contributed by atoms with Crippen molar-refractivity contribution in [1.29, 1.82) is 0 Å². The summed E-state index contributed by atoms with van der Waals surface area (Å²) in [5.41, 5.74) is 1.52. The molecule has 0 fully saturated rings. The summed E-state index contributed by atoms with van der Waals surface area (Å²) < 4.78 is 20.2. The molecule has 1 amide bonds. The van der Waals surface area contributed by atoms with Crippen LogP contribution >= 0.6 is 0 Å². The molecular weight excluding hydrogens is 323 g/mol.